The quantitative estimate of drug-likeness (QED) is 0.610. The molecule has 0 saturated carbocycles. The van der Waals surface area contributed by atoms with Crippen molar-refractivity contribution in [3.8, 4) is 0 Å². The van der Waals surface area contributed by atoms with Crippen LogP contribution in [-0.2, 0) is 14.6 Å². The summed E-state index contributed by atoms with van der Waals surface area (Å²) >= 11 is 0. The molecular formula is C7H13NO4S. The highest BCUT2D eigenvalue weighted by Crippen LogP contribution is 2.24. The van der Waals surface area contributed by atoms with Crippen LogP contribution in [0.1, 0.15) is 6.42 Å². The van der Waals surface area contributed by atoms with E-state index < -0.39 is 27.6 Å². The molecule has 76 valence electrons. The summed E-state index contributed by atoms with van der Waals surface area (Å²) in [5.41, 5.74) is 5.32. The summed E-state index contributed by atoms with van der Waals surface area (Å²) in [7, 11) is -3.05. The lowest BCUT2D eigenvalue weighted by Crippen LogP contribution is -2.40. The van der Waals surface area contributed by atoms with Crippen molar-refractivity contribution in [1.29, 1.82) is 0 Å². The van der Waals surface area contributed by atoms with Gasteiger partial charge in [-0.1, -0.05) is 0 Å². The predicted molar refractivity (Wildman–Crippen MR) is 46.9 cm³/mol. The number of carbonyl (C=O) groups is 1. The molecule has 0 unspecified atom stereocenters. The lowest BCUT2D eigenvalue weighted by atomic mass is 9.91. The highest BCUT2D eigenvalue weighted by Gasteiger charge is 2.36. The molecule has 0 aromatic rings. The molecule has 1 aliphatic rings. The van der Waals surface area contributed by atoms with Gasteiger partial charge >= 0.3 is 5.97 Å². The first-order chi connectivity index (χ1) is 5.96. The van der Waals surface area contributed by atoms with Gasteiger partial charge in [-0.25, -0.2) is 8.42 Å². The second kappa shape index (κ2) is 3.63. The Morgan fingerprint density at radius 2 is 2.15 bits per heavy atom. The van der Waals surface area contributed by atoms with Gasteiger partial charge in [-0.3, -0.25) is 4.79 Å². The van der Waals surface area contributed by atoms with Crippen molar-refractivity contribution < 1.29 is 18.3 Å². The maximum absolute atomic E-state index is 11.1. The SMILES string of the molecule is NC[C@H]1CS(=O)(=O)CC[C@H]1C(=O)O. The lowest BCUT2D eigenvalue weighted by Gasteiger charge is -2.26. The summed E-state index contributed by atoms with van der Waals surface area (Å²) in [6.07, 6.45) is 0.194. The highest BCUT2D eigenvalue weighted by molar-refractivity contribution is 7.91. The van der Waals surface area contributed by atoms with E-state index in [4.69, 9.17) is 10.8 Å². The molecule has 0 aromatic carbocycles. The van der Waals surface area contributed by atoms with Crippen molar-refractivity contribution in [2.24, 2.45) is 17.6 Å². The minimum absolute atomic E-state index is 0.0273. The van der Waals surface area contributed by atoms with Gasteiger partial charge in [0.25, 0.3) is 0 Å². The third-order valence-corrected chi connectivity index (χ3v) is 4.19. The fraction of sp³-hybridized carbons (Fsp3) is 0.857. The number of hydrogen-bond donors (Lipinski definition) is 2. The maximum Gasteiger partial charge on any atom is 0.306 e. The Balaban J connectivity index is 2.77. The third-order valence-electron chi connectivity index (χ3n) is 2.40. The third kappa shape index (κ3) is 2.41. The molecule has 0 bridgehead atoms. The summed E-state index contributed by atoms with van der Waals surface area (Å²) in [4.78, 5) is 10.7. The van der Waals surface area contributed by atoms with Gasteiger partial charge in [0, 0.05) is 0 Å². The van der Waals surface area contributed by atoms with Crippen molar-refractivity contribution in [3.05, 3.63) is 0 Å². The van der Waals surface area contributed by atoms with Gasteiger partial charge in [-0.05, 0) is 18.9 Å². The Morgan fingerprint density at radius 1 is 1.54 bits per heavy atom. The van der Waals surface area contributed by atoms with Crippen molar-refractivity contribution in [3.63, 3.8) is 0 Å². The molecule has 0 aliphatic carbocycles. The molecule has 5 nitrogen and oxygen atoms in total. The fourth-order valence-corrected chi connectivity index (χ4v) is 3.43. The maximum atomic E-state index is 11.1. The van der Waals surface area contributed by atoms with Gasteiger partial charge in [-0.15, -0.1) is 0 Å². The molecule has 1 heterocycles. The van der Waals surface area contributed by atoms with Crippen molar-refractivity contribution in [2.75, 3.05) is 18.1 Å². The van der Waals surface area contributed by atoms with E-state index in [0.717, 1.165) is 0 Å². The number of nitrogens with two attached hydrogens (primary N) is 1. The average Bonchev–Trinajstić information content (AvgIpc) is 2.01. The van der Waals surface area contributed by atoms with E-state index in [1.807, 2.05) is 0 Å². The molecule has 0 spiro atoms. The number of hydrogen-bond acceptors (Lipinski definition) is 4. The Labute approximate surface area is 76.8 Å². The number of sulfone groups is 1. The van der Waals surface area contributed by atoms with Gasteiger partial charge in [-0.2, -0.15) is 0 Å². The van der Waals surface area contributed by atoms with Crippen LogP contribution in [0.4, 0.5) is 0 Å². The molecule has 3 N–H and O–H groups in total. The molecule has 0 aromatic heterocycles. The van der Waals surface area contributed by atoms with Crippen LogP contribution in [0.5, 0.6) is 0 Å². The molecule has 0 amide bonds. The predicted octanol–water partition coefficient (Wildman–Crippen LogP) is -0.919. The molecule has 13 heavy (non-hydrogen) atoms. The van der Waals surface area contributed by atoms with E-state index in [0.29, 0.717) is 0 Å². The Hall–Kier alpha value is -0.620. The second-order valence-electron chi connectivity index (χ2n) is 3.34. The van der Waals surface area contributed by atoms with Crippen LogP contribution in [0, 0.1) is 11.8 Å². The average molecular weight is 207 g/mol. The first-order valence-corrected chi connectivity index (χ1v) is 5.91. The Morgan fingerprint density at radius 3 is 2.62 bits per heavy atom. The summed E-state index contributed by atoms with van der Waals surface area (Å²) < 4.78 is 22.3. The van der Waals surface area contributed by atoms with E-state index in [9.17, 15) is 13.2 Å². The molecule has 1 fully saturated rings. The Kier molecular flexibility index (Phi) is 2.92. The van der Waals surface area contributed by atoms with Gasteiger partial charge in [0.1, 0.15) is 0 Å². The summed E-state index contributed by atoms with van der Waals surface area (Å²) in [5.74, 6) is -2.06. The summed E-state index contributed by atoms with van der Waals surface area (Å²) in [6.45, 7) is 0.121. The zero-order valence-electron chi connectivity index (χ0n) is 7.14. The van der Waals surface area contributed by atoms with Crippen LogP contribution in [0.15, 0.2) is 0 Å². The molecule has 6 heteroatoms. The van der Waals surface area contributed by atoms with Crippen LogP contribution < -0.4 is 5.73 Å². The number of carboxylic acids is 1. The van der Waals surface area contributed by atoms with Crippen LogP contribution in [0.3, 0.4) is 0 Å². The summed E-state index contributed by atoms with van der Waals surface area (Å²) in [5, 5.41) is 8.76. The van der Waals surface area contributed by atoms with E-state index in [2.05, 4.69) is 0 Å². The molecule has 1 aliphatic heterocycles. The standard InChI is InChI=1S/C7H13NO4S/c8-3-5-4-13(11,12)2-1-6(5)7(9)10/h5-6H,1-4,8H2,(H,9,10)/t5-,6+/m0/s1. The second-order valence-corrected chi connectivity index (χ2v) is 5.57. The molecule has 2 atom stereocenters. The first-order valence-electron chi connectivity index (χ1n) is 4.09. The molecule has 0 radical (unpaired) electrons. The van der Waals surface area contributed by atoms with Gasteiger partial charge < -0.3 is 10.8 Å². The fourth-order valence-electron chi connectivity index (χ4n) is 1.63. The smallest absolute Gasteiger partial charge is 0.306 e. The minimum atomic E-state index is -3.05. The highest BCUT2D eigenvalue weighted by atomic mass is 32.2. The largest absolute Gasteiger partial charge is 0.481 e. The van der Waals surface area contributed by atoms with E-state index in [-0.39, 0.29) is 24.5 Å². The number of rotatable bonds is 2. The van der Waals surface area contributed by atoms with Gasteiger partial charge in [0.05, 0.1) is 17.4 Å². The first kappa shape index (κ1) is 10.5. The summed E-state index contributed by atoms with van der Waals surface area (Å²) in [6, 6.07) is 0. The van der Waals surface area contributed by atoms with Gasteiger partial charge in [0.15, 0.2) is 9.84 Å². The van der Waals surface area contributed by atoms with Crippen LogP contribution >= 0.6 is 0 Å². The van der Waals surface area contributed by atoms with Crippen molar-refractivity contribution in [2.45, 2.75) is 6.42 Å². The molecule has 1 saturated heterocycles. The van der Waals surface area contributed by atoms with Crippen LogP contribution in [0.2, 0.25) is 0 Å². The van der Waals surface area contributed by atoms with Gasteiger partial charge in [0.2, 0.25) is 0 Å². The normalized spacial score (nSPS) is 32.7. The van der Waals surface area contributed by atoms with E-state index >= 15 is 0 Å². The molecule has 1 rings (SSSR count). The van der Waals surface area contributed by atoms with Crippen LogP contribution in [0.25, 0.3) is 0 Å². The number of carboxylic acid groups (broad SMARTS) is 1. The van der Waals surface area contributed by atoms with Crippen molar-refractivity contribution >= 4 is 15.8 Å². The van der Waals surface area contributed by atoms with Crippen molar-refractivity contribution in [1.82, 2.24) is 0 Å². The number of aliphatic carboxylic acids is 1. The Bertz CT molecular complexity index is 298. The van der Waals surface area contributed by atoms with Crippen LogP contribution in [-0.4, -0.2) is 37.5 Å². The van der Waals surface area contributed by atoms with E-state index in [1.165, 1.54) is 0 Å². The minimum Gasteiger partial charge on any atom is -0.481 e. The topological polar surface area (TPSA) is 97.5 Å². The zero-order valence-corrected chi connectivity index (χ0v) is 7.96. The monoisotopic (exact) mass is 207 g/mol. The lowest BCUT2D eigenvalue weighted by molar-refractivity contribution is -0.143. The zero-order chi connectivity index (χ0) is 10.1. The van der Waals surface area contributed by atoms with E-state index in [1.54, 1.807) is 0 Å². The molecular weight excluding hydrogens is 194 g/mol.